The number of pyridine rings is 2. The third kappa shape index (κ3) is 5.88. The van der Waals surface area contributed by atoms with Crippen molar-refractivity contribution < 1.29 is 14.2 Å². The Morgan fingerprint density at radius 2 is 1.79 bits per heavy atom. The fourth-order valence-corrected chi connectivity index (χ4v) is 5.06. The van der Waals surface area contributed by atoms with E-state index in [0.29, 0.717) is 43.4 Å². The van der Waals surface area contributed by atoms with Gasteiger partial charge < -0.3 is 29.0 Å². The van der Waals surface area contributed by atoms with Gasteiger partial charge >= 0.3 is 0 Å². The van der Waals surface area contributed by atoms with Crippen molar-refractivity contribution in [3.8, 4) is 11.6 Å². The first-order valence-electron chi connectivity index (χ1n) is 13.6. The summed E-state index contributed by atoms with van der Waals surface area (Å²) >= 11 is 0. The van der Waals surface area contributed by atoms with E-state index in [4.69, 9.17) is 24.2 Å². The summed E-state index contributed by atoms with van der Waals surface area (Å²) in [5.74, 6) is 3.76. The summed E-state index contributed by atoms with van der Waals surface area (Å²) < 4.78 is 20.3. The van der Waals surface area contributed by atoms with Crippen LogP contribution in [0.3, 0.4) is 0 Å². The number of fused-ring (bicyclic) bond motifs is 1. The molecule has 0 radical (unpaired) electrons. The van der Waals surface area contributed by atoms with Crippen molar-refractivity contribution in [1.82, 2.24) is 29.5 Å². The lowest BCUT2D eigenvalue weighted by molar-refractivity contribution is 0.122. The van der Waals surface area contributed by atoms with E-state index in [1.54, 1.807) is 18.6 Å². The molecule has 0 aromatic carbocycles. The number of aryl methyl sites for hydroxylation is 1. The molecule has 39 heavy (non-hydrogen) atoms. The molecule has 1 aliphatic heterocycles. The molecule has 0 spiro atoms. The monoisotopic (exact) mass is 530 g/mol. The molecule has 5 heterocycles. The predicted octanol–water partition coefficient (Wildman–Crippen LogP) is 3.68. The van der Waals surface area contributed by atoms with Crippen molar-refractivity contribution in [2.75, 3.05) is 36.5 Å². The summed E-state index contributed by atoms with van der Waals surface area (Å²) in [7, 11) is 1.99. The number of nitrogens with zero attached hydrogens (tertiary/aromatic N) is 7. The molecular formula is C28H34N8O3. The lowest BCUT2D eigenvalue weighted by Crippen LogP contribution is -2.37. The van der Waals surface area contributed by atoms with E-state index in [1.807, 2.05) is 42.9 Å². The number of morpholine rings is 1. The summed E-state index contributed by atoms with van der Waals surface area (Å²) in [6, 6.07) is 6.16. The molecule has 0 unspecified atom stereocenters. The highest BCUT2D eigenvalue weighted by atomic mass is 16.5. The number of aromatic nitrogens is 6. The third-order valence-corrected chi connectivity index (χ3v) is 7.50. The van der Waals surface area contributed by atoms with Gasteiger partial charge in [0.05, 0.1) is 42.2 Å². The maximum Gasteiger partial charge on any atom is 0.225 e. The van der Waals surface area contributed by atoms with E-state index in [2.05, 4.69) is 25.2 Å². The van der Waals surface area contributed by atoms with E-state index in [1.165, 1.54) is 0 Å². The highest BCUT2D eigenvalue weighted by molar-refractivity contribution is 5.87. The van der Waals surface area contributed by atoms with Gasteiger partial charge in [-0.3, -0.25) is 4.98 Å². The van der Waals surface area contributed by atoms with E-state index in [9.17, 15) is 0 Å². The molecule has 4 aromatic rings. The van der Waals surface area contributed by atoms with Gasteiger partial charge in [-0.25, -0.2) is 15.0 Å². The first kappa shape index (κ1) is 25.3. The van der Waals surface area contributed by atoms with Crippen LogP contribution in [0.4, 0.5) is 11.8 Å². The summed E-state index contributed by atoms with van der Waals surface area (Å²) in [6.45, 7) is 5.34. The van der Waals surface area contributed by atoms with Crippen molar-refractivity contribution in [2.24, 2.45) is 7.05 Å². The summed E-state index contributed by atoms with van der Waals surface area (Å²) in [4.78, 5) is 24.9. The second kappa shape index (κ2) is 11.4. The Morgan fingerprint density at radius 3 is 2.54 bits per heavy atom. The van der Waals surface area contributed by atoms with Gasteiger partial charge in [0.15, 0.2) is 0 Å². The van der Waals surface area contributed by atoms with Gasteiger partial charge in [-0.15, -0.1) is 0 Å². The Morgan fingerprint density at radius 1 is 1.00 bits per heavy atom. The molecule has 6 rings (SSSR count). The minimum Gasteiger partial charge on any atom is -0.486 e. The summed E-state index contributed by atoms with van der Waals surface area (Å²) in [6.07, 6.45) is 11.0. The molecule has 0 amide bonds. The molecule has 2 fully saturated rings. The largest absolute Gasteiger partial charge is 0.486 e. The van der Waals surface area contributed by atoms with Crippen molar-refractivity contribution >= 4 is 22.7 Å². The molecule has 1 saturated heterocycles. The second-order valence-corrected chi connectivity index (χ2v) is 10.1. The van der Waals surface area contributed by atoms with Gasteiger partial charge in [0, 0.05) is 44.6 Å². The third-order valence-electron chi connectivity index (χ3n) is 7.50. The van der Waals surface area contributed by atoms with Crippen LogP contribution in [0, 0.1) is 6.92 Å². The zero-order valence-corrected chi connectivity index (χ0v) is 22.4. The maximum absolute atomic E-state index is 6.60. The highest BCUT2D eigenvalue weighted by Gasteiger charge is 2.25. The van der Waals surface area contributed by atoms with Crippen LogP contribution >= 0.6 is 0 Å². The smallest absolute Gasteiger partial charge is 0.225 e. The molecule has 2 aliphatic rings. The average Bonchev–Trinajstić information content (AvgIpc) is 3.30. The number of ether oxygens (including phenoxy) is 3. The van der Waals surface area contributed by atoms with Gasteiger partial charge in [-0.2, -0.15) is 4.98 Å². The van der Waals surface area contributed by atoms with Crippen molar-refractivity contribution in [2.45, 2.75) is 51.4 Å². The minimum absolute atomic E-state index is 0.0670. The van der Waals surface area contributed by atoms with Crippen LogP contribution in [0.25, 0.3) is 10.9 Å². The minimum atomic E-state index is 0.0670. The lowest BCUT2D eigenvalue weighted by Gasteiger charge is -2.31. The Bertz CT molecular complexity index is 1400. The number of rotatable bonds is 8. The molecule has 1 aliphatic carbocycles. The topological polar surface area (TPSA) is 112 Å². The number of hydrogen-bond donors (Lipinski definition) is 1. The van der Waals surface area contributed by atoms with Crippen LogP contribution in [-0.2, 0) is 18.4 Å². The van der Waals surface area contributed by atoms with Crippen LogP contribution in [0.15, 0.2) is 43.0 Å². The van der Waals surface area contributed by atoms with E-state index >= 15 is 0 Å². The highest BCUT2D eigenvalue weighted by Crippen LogP contribution is 2.33. The SMILES string of the molecule is Cc1ncc(COc2cnc3cc(N4CCOCC4)nc(O[C@H]4CC[C@@H](Nc5ncccn5)CC4)c3c2)n1C. The van der Waals surface area contributed by atoms with Gasteiger partial charge in [0.25, 0.3) is 0 Å². The standard InChI is InChI=1S/C28H34N8O3/c1-19-31-16-21(35(19)2)18-38-23-14-24-25(32-17-23)15-26(36-10-12-37-13-11-36)34-27(24)39-22-6-4-20(5-7-22)33-28-29-8-3-9-30-28/h3,8-9,14-17,20,22H,4-7,10-13,18H2,1-2H3,(H,29,30,33)/t20-,22+. The first-order chi connectivity index (χ1) is 19.1. The van der Waals surface area contributed by atoms with Gasteiger partial charge in [-0.05, 0) is 44.7 Å². The Balaban J connectivity index is 1.21. The number of anilines is 2. The molecular weight excluding hydrogens is 496 g/mol. The van der Waals surface area contributed by atoms with E-state index in [-0.39, 0.29) is 6.10 Å². The maximum atomic E-state index is 6.60. The molecule has 11 nitrogen and oxygen atoms in total. The average molecular weight is 531 g/mol. The Kier molecular flexibility index (Phi) is 7.40. The van der Waals surface area contributed by atoms with Crippen LogP contribution in [0.1, 0.15) is 37.2 Å². The molecule has 1 saturated carbocycles. The second-order valence-electron chi connectivity index (χ2n) is 10.1. The molecule has 4 aromatic heterocycles. The van der Waals surface area contributed by atoms with Gasteiger partial charge in [0.1, 0.15) is 30.1 Å². The molecule has 204 valence electrons. The summed E-state index contributed by atoms with van der Waals surface area (Å²) in [5.41, 5.74) is 1.83. The van der Waals surface area contributed by atoms with Gasteiger partial charge in [-0.1, -0.05) is 0 Å². The quantitative estimate of drug-likeness (QED) is 0.362. The van der Waals surface area contributed by atoms with Crippen LogP contribution in [-0.4, -0.2) is 67.9 Å². The van der Waals surface area contributed by atoms with Crippen LogP contribution < -0.4 is 19.7 Å². The Labute approximate surface area is 227 Å². The molecule has 11 heteroatoms. The zero-order chi connectivity index (χ0) is 26.6. The van der Waals surface area contributed by atoms with Crippen LogP contribution in [0.2, 0.25) is 0 Å². The molecule has 1 N–H and O–H groups in total. The zero-order valence-electron chi connectivity index (χ0n) is 22.4. The van der Waals surface area contributed by atoms with Crippen LogP contribution in [0.5, 0.6) is 11.6 Å². The van der Waals surface area contributed by atoms with Gasteiger partial charge in [0.2, 0.25) is 11.8 Å². The molecule has 0 atom stereocenters. The van der Waals surface area contributed by atoms with Crippen molar-refractivity contribution in [1.29, 1.82) is 0 Å². The van der Waals surface area contributed by atoms with E-state index < -0.39 is 0 Å². The fourth-order valence-electron chi connectivity index (χ4n) is 5.06. The number of nitrogens with one attached hydrogen (secondary N) is 1. The normalized spacial score (nSPS) is 19.7. The van der Waals surface area contributed by atoms with E-state index in [0.717, 1.165) is 67.0 Å². The lowest BCUT2D eigenvalue weighted by atomic mass is 9.93. The number of hydrogen-bond acceptors (Lipinski definition) is 10. The summed E-state index contributed by atoms with van der Waals surface area (Å²) in [5, 5.41) is 4.29. The van der Waals surface area contributed by atoms with Crippen molar-refractivity contribution in [3.63, 3.8) is 0 Å². The molecule has 0 bridgehead atoms. The van der Waals surface area contributed by atoms with Crippen molar-refractivity contribution in [3.05, 3.63) is 54.5 Å². The number of imidazole rings is 1. The predicted molar refractivity (Wildman–Crippen MR) is 147 cm³/mol. The fraction of sp³-hybridized carbons (Fsp3) is 0.464. The first-order valence-corrected chi connectivity index (χ1v) is 13.6. The Hall–Kier alpha value is -3.99.